The topological polar surface area (TPSA) is 30.5 Å². The van der Waals surface area contributed by atoms with Crippen LogP contribution in [0.3, 0.4) is 0 Å². The van der Waals surface area contributed by atoms with Crippen molar-refractivity contribution in [3.8, 4) is 5.75 Å². The van der Waals surface area contributed by atoms with Crippen molar-refractivity contribution < 1.29 is 9.47 Å². The van der Waals surface area contributed by atoms with Gasteiger partial charge in [0.2, 0.25) is 0 Å². The van der Waals surface area contributed by atoms with Gasteiger partial charge < -0.3 is 14.8 Å². The number of ether oxygens (including phenoxy) is 2. The van der Waals surface area contributed by atoms with E-state index in [0.29, 0.717) is 13.2 Å². The fourth-order valence-corrected chi connectivity index (χ4v) is 2.42. The van der Waals surface area contributed by atoms with Crippen LogP contribution in [0.1, 0.15) is 16.7 Å². The fourth-order valence-electron chi connectivity index (χ4n) is 2.42. The van der Waals surface area contributed by atoms with Crippen LogP contribution in [0, 0.1) is 13.8 Å². The molecule has 0 aliphatic carbocycles. The average Bonchev–Trinajstić information content (AvgIpc) is 2.19. The Labute approximate surface area is 96.8 Å². The lowest BCUT2D eigenvalue weighted by molar-refractivity contribution is -0.0759. The molecule has 0 spiro atoms. The molecule has 1 fully saturated rings. The molecule has 1 aliphatic heterocycles. The van der Waals surface area contributed by atoms with E-state index in [4.69, 9.17) is 9.47 Å². The van der Waals surface area contributed by atoms with Crippen LogP contribution in [-0.2, 0) is 10.3 Å². The van der Waals surface area contributed by atoms with E-state index in [2.05, 4.69) is 31.3 Å². The monoisotopic (exact) mass is 221 g/mol. The third kappa shape index (κ3) is 1.60. The van der Waals surface area contributed by atoms with Crippen LogP contribution < -0.4 is 10.1 Å². The van der Waals surface area contributed by atoms with E-state index in [1.807, 2.05) is 7.05 Å². The first-order chi connectivity index (χ1) is 7.63. The van der Waals surface area contributed by atoms with Crippen LogP contribution in [0.4, 0.5) is 0 Å². The van der Waals surface area contributed by atoms with Crippen LogP contribution in [0.25, 0.3) is 0 Å². The molecule has 0 bridgehead atoms. The summed E-state index contributed by atoms with van der Waals surface area (Å²) >= 11 is 0. The molecule has 1 saturated heterocycles. The van der Waals surface area contributed by atoms with Crippen molar-refractivity contribution in [1.82, 2.24) is 5.32 Å². The summed E-state index contributed by atoms with van der Waals surface area (Å²) in [5, 5.41) is 3.36. The lowest BCUT2D eigenvalue weighted by Crippen LogP contribution is -2.56. The number of nitrogens with one attached hydrogen (secondary N) is 1. The van der Waals surface area contributed by atoms with E-state index in [0.717, 1.165) is 5.75 Å². The van der Waals surface area contributed by atoms with Gasteiger partial charge in [0.05, 0.1) is 25.9 Å². The molecule has 0 atom stereocenters. The number of hydrogen-bond donors (Lipinski definition) is 1. The quantitative estimate of drug-likeness (QED) is 0.843. The standard InChI is InChI=1S/C13H19NO2/c1-9-5-10(2)12(11(6-9)15-4)13(14-3)7-16-8-13/h5-6,14H,7-8H2,1-4H3. The normalized spacial score (nSPS) is 18.0. The zero-order valence-corrected chi connectivity index (χ0v) is 10.4. The van der Waals surface area contributed by atoms with Crippen molar-refractivity contribution in [3.05, 3.63) is 28.8 Å². The van der Waals surface area contributed by atoms with Crippen molar-refractivity contribution in [1.29, 1.82) is 0 Å². The minimum absolute atomic E-state index is 0.0663. The summed E-state index contributed by atoms with van der Waals surface area (Å²) in [7, 11) is 3.70. The van der Waals surface area contributed by atoms with Gasteiger partial charge in [-0.15, -0.1) is 0 Å². The van der Waals surface area contributed by atoms with Gasteiger partial charge in [0.25, 0.3) is 0 Å². The van der Waals surface area contributed by atoms with Crippen molar-refractivity contribution in [2.24, 2.45) is 0 Å². The maximum atomic E-state index is 5.50. The number of rotatable bonds is 3. The summed E-state index contributed by atoms with van der Waals surface area (Å²) in [5.41, 5.74) is 3.65. The molecule has 1 aromatic carbocycles. The fraction of sp³-hybridized carbons (Fsp3) is 0.538. The minimum atomic E-state index is -0.0663. The van der Waals surface area contributed by atoms with E-state index in [1.54, 1.807) is 7.11 Å². The lowest BCUT2D eigenvalue weighted by Gasteiger charge is -2.43. The molecule has 1 aliphatic rings. The van der Waals surface area contributed by atoms with E-state index >= 15 is 0 Å². The molecule has 0 unspecified atom stereocenters. The Hall–Kier alpha value is -1.06. The van der Waals surface area contributed by atoms with Gasteiger partial charge in [0.15, 0.2) is 0 Å². The maximum absolute atomic E-state index is 5.50. The molecule has 1 heterocycles. The summed E-state index contributed by atoms with van der Waals surface area (Å²) in [4.78, 5) is 0. The molecule has 1 N–H and O–H groups in total. The molecule has 2 rings (SSSR count). The highest BCUT2D eigenvalue weighted by atomic mass is 16.5. The van der Waals surface area contributed by atoms with Gasteiger partial charge in [-0.2, -0.15) is 0 Å². The zero-order chi connectivity index (χ0) is 11.8. The Morgan fingerprint density at radius 2 is 2.00 bits per heavy atom. The first kappa shape index (κ1) is 11.4. The summed E-state index contributed by atoms with van der Waals surface area (Å²) < 4.78 is 10.8. The van der Waals surface area contributed by atoms with Crippen molar-refractivity contribution in [3.63, 3.8) is 0 Å². The Morgan fingerprint density at radius 1 is 1.31 bits per heavy atom. The van der Waals surface area contributed by atoms with E-state index in [-0.39, 0.29) is 5.54 Å². The van der Waals surface area contributed by atoms with Crippen molar-refractivity contribution >= 4 is 0 Å². The molecule has 0 radical (unpaired) electrons. The van der Waals surface area contributed by atoms with E-state index < -0.39 is 0 Å². The third-order valence-electron chi connectivity index (χ3n) is 3.32. The van der Waals surface area contributed by atoms with Gasteiger partial charge >= 0.3 is 0 Å². The molecular weight excluding hydrogens is 202 g/mol. The van der Waals surface area contributed by atoms with Gasteiger partial charge in [0.1, 0.15) is 5.75 Å². The Bertz CT molecular complexity index is 392. The van der Waals surface area contributed by atoms with Crippen LogP contribution >= 0.6 is 0 Å². The average molecular weight is 221 g/mol. The molecule has 0 saturated carbocycles. The van der Waals surface area contributed by atoms with Gasteiger partial charge in [0, 0.05) is 5.56 Å². The van der Waals surface area contributed by atoms with Crippen LogP contribution in [0.15, 0.2) is 12.1 Å². The Morgan fingerprint density at radius 3 is 2.44 bits per heavy atom. The third-order valence-corrected chi connectivity index (χ3v) is 3.32. The highest BCUT2D eigenvalue weighted by Crippen LogP contribution is 2.38. The summed E-state index contributed by atoms with van der Waals surface area (Å²) in [6.07, 6.45) is 0. The predicted octanol–water partition coefficient (Wildman–Crippen LogP) is 1.76. The van der Waals surface area contributed by atoms with Crippen LogP contribution in [0.5, 0.6) is 5.75 Å². The molecule has 3 nitrogen and oxygen atoms in total. The van der Waals surface area contributed by atoms with Crippen molar-refractivity contribution in [2.75, 3.05) is 27.4 Å². The van der Waals surface area contributed by atoms with Gasteiger partial charge in [-0.1, -0.05) is 6.07 Å². The summed E-state index contributed by atoms with van der Waals surface area (Å²) in [6.45, 7) is 5.64. The smallest absolute Gasteiger partial charge is 0.124 e. The largest absolute Gasteiger partial charge is 0.496 e. The second-order valence-corrected chi connectivity index (χ2v) is 4.48. The molecule has 1 aromatic rings. The summed E-state index contributed by atoms with van der Waals surface area (Å²) in [5.74, 6) is 0.954. The van der Waals surface area contributed by atoms with E-state index in [9.17, 15) is 0 Å². The number of benzene rings is 1. The molecule has 0 aromatic heterocycles. The Balaban J connectivity index is 2.54. The highest BCUT2D eigenvalue weighted by Gasteiger charge is 2.42. The molecule has 16 heavy (non-hydrogen) atoms. The molecule has 3 heteroatoms. The van der Waals surface area contributed by atoms with E-state index in [1.165, 1.54) is 16.7 Å². The van der Waals surface area contributed by atoms with Crippen molar-refractivity contribution in [2.45, 2.75) is 19.4 Å². The molecular formula is C13H19NO2. The Kier molecular flexibility index (Phi) is 2.91. The number of aryl methyl sites for hydroxylation is 2. The summed E-state index contributed by atoms with van der Waals surface area (Å²) in [6, 6.07) is 4.27. The van der Waals surface area contributed by atoms with Gasteiger partial charge in [-0.3, -0.25) is 0 Å². The molecule has 88 valence electrons. The highest BCUT2D eigenvalue weighted by molar-refractivity contribution is 5.48. The second kappa shape index (κ2) is 4.07. The second-order valence-electron chi connectivity index (χ2n) is 4.48. The number of methoxy groups -OCH3 is 1. The predicted molar refractivity (Wildman–Crippen MR) is 64.0 cm³/mol. The lowest BCUT2D eigenvalue weighted by atomic mass is 9.83. The SMILES string of the molecule is CNC1(c2c(C)cc(C)cc2OC)COC1. The van der Waals surface area contributed by atoms with Gasteiger partial charge in [-0.05, 0) is 38.1 Å². The minimum Gasteiger partial charge on any atom is -0.496 e. The maximum Gasteiger partial charge on any atom is 0.124 e. The molecule has 0 amide bonds. The first-order valence-electron chi connectivity index (χ1n) is 5.55. The van der Waals surface area contributed by atoms with Crippen LogP contribution in [0.2, 0.25) is 0 Å². The zero-order valence-electron chi connectivity index (χ0n) is 10.4. The first-order valence-corrected chi connectivity index (χ1v) is 5.55. The van der Waals surface area contributed by atoms with Gasteiger partial charge in [-0.25, -0.2) is 0 Å². The number of hydrogen-bond acceptors (Lipinski definition) is 3. The van der Waals surface area contributed by atoms with Crippen LogP contribution in [-0.4, -0.2) is 27.4 Å². The number of likely N-dealkylation sites (N-methyl/N-ethyl adjacent to an activating group) is 1.